The van der Waals surface area contributed by atoms with Crippen LogP contribution in [0.4, 0.5) is 17.6 Å². The van der Waals surface area contributed by atoms with E-state index in [1.165, 1.54) is 24.3 Å². The summed E-state index contributed by atoms with van der Waals surface area (Å²) in [6, 6.07) is 13.0. The Balaban J connectivity index is 1.43. The van der Waals surface area contributed by atoms with Crippen LogP contribution in [0.1, 0.15) is 11.3 Å². The van der Waals surface area contributed by atoms with Gasteiger partial charge in [0.25, 0.3) is 0 Å². The number of hydrogen-bond acceptors (Lipinski definition) is 3. The quantitative estimate of drug-likeness (QED) is 0.256. The number of fused-ring (bicyclic) bond motifs is 1. The van der Waals surface area contributed by atoms with Crippen LogP contribution in [0.3, 0.4) is 0 Å². The second kappa shape index (κ2) is 8.00. The molecule has 0 fully saturated rings. The first-order valence-corrected chi connectivity index (χ1v) is 10.1. The number of nitrogens with zero attached hydrogens (tertiary/aromatic N) is 3. The zero-order chi connectivity index (χ0) is 23.2. The van der Waals surface area contributed by atoms with Crippen molar-refractivity contribution in [1.29, 1.82) is 0 Å². The van der Waals surface area contributed by atoms with Crippen LogP contribution in [0.5, 0.6) is 0 Å². The Bertz CT molecular complexity index is 1480. The van der Waals surface area contributed by atoms with Crippen molar-refractivity contribution in [3.8, 4) is 22.6 Å². The molecular weight excluding hydrogens is 460 g/mol. The van der Waals surface area contributed by atoms with E-state index in [0.29, 0.717) is 28.2 Å². The average molecular weight is 474 g/mol. The van der Waals surface area contributed by atoms with E-state index in [1.807, 2.05) is 0 Å². The molecule has 5 aromatic rings. The number of rotatable bonds is 4. The maximum atomic E-state index is 14.1. The third-order valence-electron chi connectivity index (χ3n) is 5.07. The van der Waals surface area contributed by atoms with Gasteiger partial charge < -0.3 is 9.51 Å². The first kappa shape index (κ1) is 21.1. The highest BCUT2D eigenvalue weighted by atomic mass is 35.5. The molecule has 5 nitrogen and oxygen atoms in total. The zero-order valence-corrected chi connectivity index (χ0v) is 17.5. The molecule has 166 valence electrons. The van der Waals surface area contributed by atoms with Gasteiger partial charge in [-0.15, -0.1) is 0 Å². The van der Waals surface area contributed by atoms with E-state index in [9.17, 15) is 17.6 Å². The molecular formula is C23H14ClF4N4O+. The minimum Gasteiger partial charge on any atom is -0.354 e. The lowest BCUT2D eigenvalue weighted by Gasteiger charge is -2.11. The molecule has 33 heavy (non-hydrogen) atoms. The van der Waals surface area contributed by atoms with Gasteiger partial charge >= 0.3 is 6.18 Å². The van der Waals surface area contributed by atoms with Gasteiger partial charge in [-0.25, -0.2) is 9.37 Å². The van der Waals surface area contributed by atoms with Crippen molar-refractivity contribution in [3.63, 3.8) is 0 Å². The van der Waals surface area contributed by atoms with Crippen molar-refractivity contribution in [3.05, 3.63) is 89.2 Å². The van der Waals surface area contributed by atoms with Gasteiger partial charge in [0.05, 0.1) is 11.1 Å². The van der Waals surface area contributed by atoms with Crippen molar-refractivity contribution in [2.75, 3.05) is 0 Å². The van der Waals surface area contributed by atoms with Crippen LogP contribution in [-0.4, -0.2) is 15.1 Å². The van der Waals surface area contributed by atoms with Crippen molar-refractivity contribution in [2.24, 2.45) is 0 Å². The summed E-state index contributed by atoms with van der Waals surface area (Å²) < 4.78 is 61.3. The van der Waals surface area contributed by atoms with Crippen LogP contribution in [0.2, 0.25) is 5.02 Å². The molecule has 10 heteroatoms. The van der Waals surface area contributed by atoms with Gasteiger partial charge in [-0.05, 0) is 24.3 Å². The summed E-state index contributed by atoms with van der Waals surface area (Å²) in [7, 11) is 0. The second-order valence-electron chi connectivity index (χ2n) is 7.35. The Morgan fingerprint density at radius 1 is 1.03 bits per heavy atom. The van der Waals surface area contributed by atoms with Crippen molar-refractivity contribution in [2.45, 2.75) is 12.7 Å². The molecule has 1 N–H and O–H groups in total. The second-order valence-corrected chi connectivity index (χ2v) is 7.78. The van der Waals surface area contributed by atoms with Crippen LogP contribution in [-0.2, 0) is 12.7 Å². The fourth-order valence-corrected chi connectivity index (χ4v) is 3.72. The number of nitrogens with one attached hydrogen (secondary N) is 1. The van der Waals surface area contributed by atoms with Crippen LogP contribution in [0.15, 0.2) is 71.5 Å². The maximum Gasteiger partial charge on any atom is 0.417 e. The van der Waals surface area contributed by atoms with E-state index in [2.05, 4.69) is 15.1 Å². The number of halogens is 5. The summed E-state index contributed by atoms with van der Waals surface area (Å²) in [5, 5.41) is 3.79. The molecule has 0 radical (unpaired) electrons. The SMILES string of the molecule is Fc1ccccc1-c1nc2cc[n+](Cc3cc(-c4ccc(Cl)cc4C(F)(F)F)no3)cc2[nH]1. The highest BCUT2D eigenvalue weighted by Crippen LogP contribution is 2.38. The van der Waals surface area contributed by atoms with Gasteiger partial charge in [0.1, 0.15) is 28.4 Å². The van der Waals surface area contributed by atoms with Crippen LogP contribution >= 0.6 is 11.6 Å². The number of imidazole rings is 1. The number of aromatic amines is 1. The minimum absolute atomic E-state index is 0.0204. The standard InChI is InChI=1S/C23H13ClF4N4O/c24-13-5-6-15(17(9-13)23(26,27)28)20-10-14(33-31-20)11-32-8-7-19-21(12-32)30-22(29-19)16-3-1-2-4-18(16)25/h1-10,12H,11H2/p+1. The molecule has 5 rings (SSSR count). The summed E-state index contributed by atoms with van der Waals surface area (Å²) in [5.41, 5.74) is 0.696. The smallest absolute Gasteiger partial charge is 0.354 e. The average Bonchev–Trinajstić information content (AvgIpc) is 3.40. The maximum absolute atomic E-state index is 14.1. The summed E-state index contributed by atoms with van der Waals surface area (Å²) >= 11 is 5.74. The van der Waals surface area contributed by atoms with Crippen LogP contribution in [0.25, 0.3) is 33.7 Å². The third kappa shape index (κ3) is 4.19. The monoisotopic (exact) mass is 473 g/mol. The van der Waals surface area contributed by atoms with Gasteiger partial charge in [0, 0.05) is 22.7 Å². The summed E-state index contributed by atoms with van der Waals surface area (Å²) in [4.78, 5) is 7.50. The third-order valence-corrected chi connectivity index (χ3v) is 5.30. The lowest BCUT2D eigenvalue weighted by Crippen LogP contribution is -2.32. The van der Waals surface area contributed by atoms with Gasteiger partial charge in [-0.2, -0.15) is 17.7 Å². The predicted molar refractivity (Wildman–Crippen MR) is 113 cm³/mol. The normalized spacial score (nSPS) is 11.9. The van der Waals surface area contributed by atoms with Gasteiger partial charge in [0.15, 0.2) is 12.4 Å². The molecule has 0 spiro atoms. The van der Waals surface area contributed by atoms with Crippen LogP contribution in [0, 0.1) is 5.82 Å². The summed E-state index contributed by atoms with van der Waals surface area (Å²) in [6.07, 6.45) is -1.10. The lowest BCUT2D eigenvalue weighted by molar-refractivity contribution is -0.688. The van der Waals surface area contributed by atoms with E-state index in [0.717, 1.165) is 6.07 Å². The largest absolute Gasteiger partial charge is 0.417 e. The molecule has 3 heterocycles. The minimum atomic E-state index is -4.59. The summed E-state index contributed by atoms with van der Waals surface area (Å²) in [5.74, 6) is 0.357. The van der Waals surface area contributed by atoms with Crippen molar-refractivity contribution < 1.29 is 26.7 Å². The number of benzene rings is 2. The Hall–Kier alpha value is -3.72. The van der Waals surface area contributed by atoms with Gasteiger partial charge in [0.2, 0.25) is 12.3 Å². The molecule has 2 aromatic carbocycles. The van der Waals surface area contributed by atoms with E-state index in [4.69, 9.17) is 16.1 Å². The number of aromatic nitrogens is 4. The predicted octanol–water partition coefficient (Wildman–Crippen LogP) is 6.03. The van der Waals surface area contributed by atoms with Crippen molar-refractivity contribution in [1.82, 2.24) is 15.1 Å². The van der Waals surface area contributed by atoms with Gasteiger partial charge in [-0.1, -0.05) is 35.0 Å². The molecule has 3 aromatic heterocycles. The number of H-pyrrole nitrogens is 1. The topological polar surface area (TPSA) is 58.6 Å². The Labute approximate surface area is 189 Å². The Kier molecular flexibility index (Phi) is 5.13. The fraction of sp³-hybridized carbons (Fsp3) is 0.0870. The highest BCUT2D eigenvalue weighted by Gasteiger charge is 2.34. The molecule has 0 aliphatic carbocycles. The van der Waals surface area contributed by atoms with Crippen molar-refractivity contribution >= 4 is 22.6 Å². The molecule has 0 atom stereocenters. The number of hydrogen-bond donors (Lipinski definition) is 1. The Morgan fingerprint density at radius 3 is 2.64 bits per heavy atom. The molecule has 0 saturated carbocycles. The number of pyridine rings is 1. The number of alkyl halides is 3. The van der Waals surface area contributed by atoms with E-state index in [1.54, 1.807) is 41.2 Å². The molecule has 0 bridgehead atoms. The van der Waals surface area contributed by atoms with Gasteiger partial charge in [-0.3, -0.25) is 0 Å². The molecule has 0 unspecified atom stereocenters. The Morgan fingerprint density at radius 2 is 1.85 bits per heavy atom. The molecule has 0 saturated heterocycles. The molecule has 0 aliphatic heterocycles. The van der Waals surface area contributed by atoms with E-state index >= 15 is 0 Å². The molecule has 0 amide bonds. The van der Waals surface area contributed by atoms with E-state index < -0.39 is 11.7 Å². The highest BCUT2D eigenvalue weighted by molar-refractivity contribution is 6.30. The zero-order valence-electron chi connectivity index (χ0n) is 16.7. The van der Waals surface area contributed by atoms with Crippen LogP contribution < -0.4 is 4.57 Å². The lowest BCUT2D eigenvalue weighted by atomic mass is 10.0. The molecule has 0 aliphatic rings. The fourth-order valence-electron chi connectivity index (χ4n) is 3.55. The first-order valence-electron chi connectivity index (χ1n) is 9.74. The van der Waals surface area contributed by atoms with E-state index in [-0.39, 0.29) is 28.6 Å². The first-order chi connectivity index (χ1) is 15.8. The summed E-state index contributed by atoms with van der Waals surface area (Å²) in [6.45, 7) is 0.214.